The van der Waals surface area contributed by atoms with E-state index in [1.807, 2.05) is 36.1 Å². The summed E-state index contributed by atoms with van der Waals surface area (Å²) >= 11 is 0. The summed E-state index contributed by atoms with van der Waals surface area (Å²) in [6, 6.07) is 21.0. The molecule has 180 valence electrons. The SMILES string of the molecule is CC[C@H]1Oc2ccc(NC(=O)c3ccc(OC)cc3)cc2CN([C@@H]2CCCc3ccccc32)C1=O. The summed E-state index contributed by atoms with van der Waals surface area (Å²) in [7, 11) is 1.59. The van der Waals surface area contributed by atoms with Gasteiger partial charge in [0.15, 0.2) is 6.10 Å². The van der Waals surface area contributed by atoms with Crippen LogP contribution in [0.2, 0.25) is 0 Å². The molecule has 0 unspecified atom stereocenters. The number of aryl methyl sites for hydroxylation is 1. The number of anilines is 1. The van der Waals surface area contributed by atoms with E-state index in [2.05, 4.69) is 23.5 Å². The van der Waals surface area contributed by atoms with E-state index in [4.69, 9.17) is 9.47 Å². The molecule has 1 aliphatic carbocycles. The Morgan fingerprint density at radius 2 is 1.89 bits per heavy atom. The van der Waals surface area contributed by atoms with Crippen molar-refractivity contribution < 1.29 is 19.1 Å². The molecule has 1 heterocycles. The van der Waals surface area contributed by atoms with Gasteiger partial charge in [0.25, 0.3) is 11.8 Å². The van der Waals surface area contributed by atoms with Gasteiger partial charge >= 0.3 is 0 Å². The molecule has 1 N–H and O–H groups in total. The van der Waals surface area contributed by atoms with Crippen LogP contribution in [0.1, 0.15) is 59.3 Å². The van der Waals surface area contributed by atoms with Crippen LogP contribution in [-0.2, 0) is 17.8 Å². The topological polar surface area (TPSA) is 67.9 Å². The van der Waals surface area contributed by atoms with Gasteiger partial charge in [-0.15, -0.1) is 0 Å². The molecule has 0 aromatic heterocycles. The Morgan fingerprint density at radius 1 is 1.09 bits per heavy atom. The number of carbonyl (C=O) groups excluding carboxylic acids is 2. The first-order valence-corrected chi connectivity index (χ1v) is 12.2. The first-order valence-electron chi connectivity index (χ1n) is 12.2. The van der Waals surface area contributed by atoms with Crippen molar-refractivity contribution in [1.82, 2.24) is 4.90 Å². The van der Waals surface area contributed by atoms with Crippen LogP contribution in [0.15, 0.2) is 66.7 Å². The van der Waals surface area contributed by atoms with Crippen LogP contribution in [0, 0.1) is 0 Å². The fourth-order valence-corrected chi connectivity index (χ4v) is 5.07. The van der Waals surface area contributed by atoms with Crippen molar-refractivity contribution in [3.63, 3.8) is 0 Å². The minimum absolute atomic E-state index is 0.0218. The smallest absolute Gasteiger partial charge is 0.264 e. The Balaban J connectivity index is 1.43. The highest BCUT2D eigenvalue weighted by Gasteiger charge is 2.36. The first kappa shape index (κ1) is 23.0. The van der Waals surface area contributed by atoms with E-state index in [9.17, 15) is 9.59 Å². The van der Waals surface area contributed by atoms with Gasteiger partial charge in [0, 0.05) is 16.8 Å². The number of hydrogen-bond donors (Lipinski definition) is 1. The van der Waals surface area contributed by atoms with Crippen molar-refractivity contribution in [2.45, 2.75) is 51.3 Å². The predicted molar refractivity (Wildman–Crippen MR) is 135 cm³/mol. The number of nitrogens with one attached hydrogen (secondary N) is 1. The zero-order valence-corrected chi connectivity index (χ0v) is 20.1. The molecule has 35 heavy (non-hydrogen) atoms. The monoisotopic (exact) mass is 470 g/mol. The van der Waals surface area contributed by atoms with Crippen LogP contribution < -0.4 is 14.8 Å². The van der Waals surface area contributed by atoms with Gasteiger partial charge in [-0.1, -0.05) is 31.2 Å². The summed E-state index contributed by atoms with van der Waals surface area (Å²) in [5, 5.41) is 2.97. The van der Waals surface area contributed by atoms with Crippen molar-refractivity contribution in [3.05, 3.63) is 89.0 Å². The molecule has 6 heteroatoms. The Hall–Kier alpha value is -3.80. The molecule has 6 nitrogen and oxygen atoms in total. The molecule has 2 atom stereocenters. The summed E-state index contributed by atoms with van der Waals surface area (Å²) in [4.78, 5) is 28.4. The maximum Gasteiger partial charge on any atom is 0.264 e. The Kier molecular flexibility index (Phi) is 6.45. The Morgan fingerprint density at radius 3 is 2.66 bits per heavy atom. The van der Waals surface area contributed by atoms with Crippen molar-refractivity contribution in [1.29, 1.82) is 0 Å². The molecule has 3 aromatic carbocycles. The number of benzene rings is 3. The van der Waals surface area contributed by atoms with Crippen molar-refractivity contribution in [3.8, 4) is 11.5 Å². The van der Waals surface area contributed by atoms with E-state index in [0.717, 1.165) is 24.8 Å². The van der Waals surface area contributed by atoms with Crippen LogP contribution in [0.25, 0.3) is 0 Å². The summed E-state index contributed by atoms with van der Waals surface area (Å²) in [6.07, 6.45) is 3.10. The van der Waals surface area contributed by atoms with Crippen LogP contribution >= 0.6 is 0 Å². The maximum absolute atomic E-state index is 13.6. The number of hydrogen-bond acceptors (Lipinski definition) is 4. The van der Waals surface area contributed by atoms with Gasteiger partial charge in [-0.25, -0.2) is 0 Å². The fourth-order valence-electron chi connectivity index (χ4n) is 5.07. The number of amides is 2. The molecule has 0 spiro atoms. The number of fused-ring (bicyclic) bond motifs is 2. The Bertz CT molecular complexity index is 1240. The van der Waals surface area contributed by atoms with Crippen LogP contribution in [-0.4, -0.2) is 29.9 Å². The molecule has 0 bridgehead atoms. The minimum atomic E-state index is -0.523. The standard InChI is InChI=1S/C29H30N2O4/c1-3-26-29(33)31(25-10-6-8-19-7-4-5-9-24(19)25)18-21-17-22(13-16-27(21)35-26)30-28(32)20-11-14-23(34-2)15-12-20/h4-5,7,9,11-17,25-26H,3,6,8,10,18H2,1-2H3,(H,30,32)/t25-,26-/m1/s1. The summed E-state index contributed by atoms with van der Waals surface area (Å²) in [5.41, 5.74) is 4.65. The predicted octanol–water partition coefficient (Wildman–Crippen LogP) is 5.52. The van der Waals surface area contributed by atoms with Gasteiger partial charge in [0.1, 0.15) is 11.5 Å². The zero-order chi connectivity index (χ0) is 24.4. The van der Waals surface area contributed by atoms with Gasteiger partial charge in [-0.2, -0.15) is 0 Å². The van der Waals surface area contributed by atoms with E-state index in [-0.39, 0.29) is 17.9 Å². The van der Waals surface area contributed by atoms with E-state index in [1.54, 1.807) is 31.4 Å². The second-order valence-electron chi connectivity index (χ2n) is 9.09. The number of ether oxygens (including phenoxy) is 2. The molecule has 1 aliphatic heterocycles. The molecular weight excluding hydrogens is 440 g/mol. The molecule has 0 radical (unpaired) electrons. The summed E-state index contributed by atoms with van der Waals surface area (Å²) in [5.74, 6) is 1.21. The third-order valence-electron chi connectivity index (χ3n) is 6.92. The quantitative estimate of drug-likeness (QED) is 0.533. The first-order chi connectivity index (χ1) is 17.1. The van der Waals surface area contributed by atoms with Crippen molar-refractivity contribution >= 4 is 17.5 Å². The summed E-state index contributed by atoms with van der Waals surface area (Å²) < 4.78 is 11.4. The van der Waals surface area contributed by atoms with E-state index >= 15 is 0 Å². The molecule has 5 rings (SSSR count). The van der Waals surface area contributed by atoms with Crippen molar-refractivity contribution in [2.24, 2.45) is 0 Å². The second kappa shape index (κ2) is 9.82. The molecule has 2 aliphatic rings. The molecule has 2 amide bonds. The van der Waals surface area contributed by atoms with Crippen LogP contribution in [0.4, 0.5) is 5.69 Å². The normalized spacial score (nSPS) is 19.1. The lowest BCUT2D eigenvalue weighted by molar-refractivity contribution is -0.141. The number of nitrogens with zero attached hydrogens (tertiary/aromatic N) is 1. The zero-order valence-electron chi connectivity index (χ0n) is 20.1. The third-order valence-corrected chi connectivity index (χ3v) is 6.92. The fraction of sp³-hybridized carbons (Fsp3) is 0.310. The largest absolute Gasteiger partial charge is 0.497 e. The lowest BCUT2D eigenvalue weighted by atomic mass is 9.86. The van der Waals surface area contributed by atoms with E-state index in [1.165, 1.54) is 11.1 Å². The molecular formula is C29H30N2O4. The molecule has 0 saturated carbocycles. The average Bonchev–Trinajstić information content (AvgIpc) is 3.04. The van der Waals surface area contributed by atoms with Gasteiger partial charge < -0.3 is 19.7 Å². The van der Waals surface area contributed by atoms with Gasteiger partial charge in [-0.3, -0.25) is 9.59 Å². The molecule has 3 aromatic rings. The van der Waals surface area contributed by atoms with E-state index < -0.39 is 6.10 Å². The maximum atomic E-state index is 13.6. The summed E-state index contributed by atoms with van der Waals surface area (Å²) in [6.45, 7) is 2.42. The Labute approximate surface area is 205 Å². The lowest BCUT2D eigenvalue weighted by Gasteiger charge is -2.36. The minimum Gasteiger partial charge on any atom is -0.497 e. The second-order valence-corrected chi connectivity index (χ2v) is 9.09. The highest BCUT2D eigenvalue weighted by molar-refractivity contribution is 6.04. The lowest BCUT2D eigenvalue weighted by Crippen LogP contribution is -2.42. The van der Waals surface area contributed by atoms with Gasteiger partial charge in [-0.05, 0) is 79.3 Å². The number of carbonyl (C=O) groups is 2. The van der Waals surface area contributed by atoms with Gasteiger partial charge in [0.05, 0.1) is 19.7 Å². The number of methoxy groups -OCH3 is 1. The average molecular weight is 471 g/mol. The van der Waals surface area contributed by atoms with Gasteiger partial charge in [0.2, 0.25) is 0 Å². The molecule has 0 saturated heterocycles. The van der Waals surface area contributed by atoms with Crippen LogP contribution in [0.5, 0.6) is 11.5 Å². The third kappa shape index (κ3) is 4.61. The van der Waals surface area contributed by atoms with Crippen molar-refractivity contribution in [2.75, 3.05) is 12.4 Å². The highest BCUT2D eigenvalue weighted by atomic mass is 16.5. The van der Waals surface area contributed by atoms with E-state index in [0.29, 0.717) is 35.7 Å². The number of rotatable bonds is 5. The molecule has 0 fully saturated rings. The highest BCUT2D eigenvalue weighted by Crippen LogP contribution is 2.39. The van der Waals surface area contributed by atoms with Crippen LogP contribution in [0.3, 0.4) is 0 Å².